The van der Waals surface area contributed by atoms with Crippen LogP contribution in [0.1, 0.15) is 51.9 Å². The van der Waals surface area contributed by atoms with Gasteiger partial charge in [0, 0.05) is 6.07 Å². The summed E-state index contributed by atoms with van der Waals surface area (Å²) in [5.41, 5.74) is 0.741. The summed E-state index contributed by atoms with van der Waals surface area (Å²) < 4.78 is 42.4. The molecule has 0 aromatic carbocycles. The number of halogens is 1. The minimum Gasteiger partial charge on any atom is -0.433 e. The molecule has 5 nitrogen and oxygen atoms in total. The van der Waals surface area contributed by atoms with E-state index in [1.807, 2.05) is 13.8 Å². The van der Waals surface area contributed by atoms with Crippen molar-refractivity contribution in [2.24, 2.45) is 5.92 Å². The topological polar surface area (TPSA) is 50.1 Å². The van der Waals surface area contributed by atoms with Crippen LogP contribution < -0.4 is 0 Å². The Balaban J connectivity index is 1.71. The fraction of sp³-hybridized carbons (Fsp3) is 0.778. The predicted molar refractivity (Wildman–Crippen MR) is 84.8 cm³/mol. The van der Waals surface area contributed by atoms with Crippen molar-refractivity contribution in [3.63, 3.8) is 0 Å². The van der Waals surface area contributed by atoms with Crippen LogP contribution in [-0.2, 0) is 25.6 Å². The van der Waals surface area contributed by atoms with Gasteiger partial charge in [-0.3, -0.25) is 0 Å². The lowest BCUT2D eigenvalue weighted by molar-refractivity contribution is -0.230. The van der Waals surface area contributed by atoms with Gasteiger partial charge in [-0.2, -0.15) is 4.39 Å². The number of ether oxygens (including phenoxy) is 4. The first-order valence-corrected chi connectivity index (χ1v) is 8.69. The van der Waals surface area contributed by atoms with Crippen molar-refractivity contribution in [3.8, 4) is 0 Å². The zero-order valence-corrected chi connectivity index (χ0v) is 15.0. The number of aryl methyl sites for hydroxylation is 1. The normalized spacial score (nSPS) is 35.8. The average molecular weight is 342 g/mol. The average Bonchev–Trinajstić information content (AvgIpc) is 3.08. The standard InChI is InChI=1S/C18H27FO5/c1-6-18(5)23-16-15(12(7-10(2)3)22-17(16)24-18)20-9-13-11(4)8-14(19)21-13/h8,10,12,15-17H,6-7,9H2,1-5H3/t12-,15+,16-,17-,18?/m1/s1. The van der Waals surface area contributed by atoms with Gasteiger partial charge in [0.1, 0.15) is 24.6 Å². The molecule has 0 spiro atoms. The second-order valence-corrected chi connectivity index (χ2v) is 7.29. The Bertz CT molecular complexity index is 572. The Hall–Kier alpha value is -0.950. The van der Waals surface area contributed by atoms with Gasteiger partial charge in [0.2, 0.25) is 0 Å². The molecule has 3 rings (SSSR count). The van der Waals surface area contributed by atoms with Crippen molar-refractivity contribution in [3.05, 3.63) is 23.4 Å². The molecular formula is C18H27FO5. The van der Waals surface area contributed by atoms with Gasteiger partial charge >= 0.3 is 0 Å². The maximum absolute atomic E-state index is 13.2. The molecule has 1 aromatic heterocycles. The number of fused-ring (bicyclic) bond motifs is 1. The second kappa shape index (κ2) is 6.75. The van der Waals surface area contributed by atoms with Gasteiger partial charge in [0.25, 0.3) is 6.01 Å². The number of hydrogen-bond acceptors (Lipinski definition) is 5. The monoisotopic (exact) mass is 342 g/mol. The quantitative estimate of drug-likeness (QED) is 0.784. The molecule has 2 fully saturated rings. The fourth-order valence-corrected chi connectivity index (χ4v) is 3.29. The Labute approximate surface area is 142 Å². The van der Waals surface area contributed by atoms with Gasteiger partial charge in [0.15, 0.2) is 12.1 Å². The molecule has 136 valence electrons. The molecular weight excluding hydrogens is 315 g/mol. The minimum absolute atomic E-state index is 0.110. The molecule has 2 saturated heterocycles. The van der Waals surface area contributed by atoms with Crippen LogP contribution in [0.5, 0.6) is 0 Å². The SMILES string of the molecule is CCC1(C)O[C@H]2O[C@H](CC(C)C)[C@H](OCc3oc(F)cc3C)[C@H]2O1. The van der Waals surface area contributed by atoms with E-state index >= 15 is 0 Å². The van der Waals surface area contributed by atoms with E-state index in [1.165, 1.54) is 6.07 Å². The van der Waals surface area contributed by atoms with Crippen molar-refractivity contribution in [1.82, 2.24) is 0 Å². The summed E-state index contributed by atoms with van der Waals surface area (Å²) in [5.74, 6) is 0.309. The van der Waals surface area contributed by atoms with Gasteiger partial charge in [-0.1, -0.05) is 20.8 Å². The second-order valence-electron chi connectivity index (χ2n) is 7.29. The summed E-state index contributed by atoms with van der Waals surface area (Å²) in [6.07, 6.45) is 0.503. The van der Waals surface area contributed by atoms with Crippen LogP contribution in [0.15, 0.2) is 10.5 Å². The molecule has 24 heavy (non-hydrogen) atoms. The first-order valence-electron chi connectivity index (χ1n) is 8.69. The maximum atomic E-state index is 13.2. The van der Waals surface area contributed by atoms with E-state index in [1.54, 1.807) is 6.92 Å². The molecule has 0 saturated carbocycles. The van der Waals surface area contributed by atoms with Gasteiger partial charge in [-0.05, 0) is 38.2 Å². The van der Waals surface area contributed by atoms with E-state index in [4.69, 9.17) is 23.4 Å². The van der Waals surface area contributed by atoms with Gasteiger partial charge in [-0.25, -0.2) is 0 Å². The molecule has 5 atom stereocenters. The van der Waals surface area contributed by atoms with Crippen molar-refractivity contribution < 1.29 is 27.8 Å². The Morgan fingerprint density at radius 2 is 2.08 bits per heavy atom. The molecule has 0 aliphatic carbocycles. The zero-order valence-electron chi connectivity index (χ0n) is 15.0. The third kappa shape index (κ3) is 3.52. The van der Waals surface area contributed by atoms with E-state index in [0.29, 0.717) is 11.7 Å². The summed E-state index contributed by atoms with van der Waals surface area (Å²) in [6.45, 7) is 10.2. The molecule has 0 amide bonds. The minimum atomic E-state index is -0.646. The van der Waals surface area contributed by atoms with Crippen molar-refractivity contribution in [1.29, 1.82) is 0 Å². The van der Waals surface area contributed by atoms with Crippen LogP contribution in [-0.4, -0.2) is 30.4 Å². The summed E-state index contributed by atoms with van der Waals surface area (Å²) in [5, 5.41) is 0. The van der Waals surface area contributed by atoms with Gasteiger partial charge in [-0.15, -0.1) is 0 Å². The molecule has 2 aliphatic rings. The largest absolute Gasteiger partial charge is 0.433 e. The van der Waals surface area contributed by atoms with Crippen LogP contribution in [0.2, 0.25) is 0 Å². The molecule has 1 aromatic rings. The highest BCUT2D eigenvalue weighted by Gasteiger charge is 2.56. The van der Waals surface area contributed by atoms with Gasteiger partial charge < -0.3 is 23.4 Å². The van der Waals surface area contributed by atoms with Crippen LogP contribution in [0, 0.1) is 18.9 Å². The lowest BCUT2D eigenvalue weighted by Gasteiger charge is -2.28. The smallest absolute Gasteiger partial charge is 0.278 e. The van der Waals surface area contributed by atoms with Crippen molar-refractivity contribution in [2.45, 2.75) is 84.5 Å². The molecule has 1 unspecified atom stereocenters. The molecule has 0 bridgehead atoms. The molecule has 6 heteroatoms. The maximum Gasteiger partial charge on any atom is 0.278 e. The summed E-state index contributed by atoms with van der Waals surface area (Å²) in [4.78, 5) is 0. The third-order valence-electron chi connectivity index (χ3n) is 4.76. The van der Waals surface area contributed by atoms with E-state index in [0.717, 1.165) is 18.4 Å². The number of hydrogen-bond donors (Lipinski definition) is 0. The number of furan rings is 1. The van der Waals surface area contributed by atoms with E-state index in [9.17, 15) is 4.39 Å². The molecule has 3 heterocycles. The predicted octanol–water partition coefficient (Wildman–Crippen LogP) is 3.92. The first kappa shape index (κ1) is 17.9. The van der Waals surface area contributed by atoms with Crippen LogP contribution in [0.4, 0.5) is 4.39 Å². The van der Waals surface area contributed by atoms with E-state index < -0.39 is 18.1 Å². The first-order chi connectivity index (χ1) is 11.3. The van der Waals surface area contributed by atoms with E-state index in [2.05, 4.69) is 13.8 Å². The fourth-order valence-electron chi connectivity index (χ4n) is 3.29. The van der Waals surface area contributed by atoms with Crippen LogP contribution >= 0.6 is 0 Å². The van der Waals surface area contributed by atoms with Crippen LogP contribution in [0.3, 0.4) is 0 Å². The van der Waals surface area contributed by atoms with Gasteiger partial charge in [0.05, 0.1) is 6.10 Å². The lowest BCUT2D eigenvalue weighted by atomic mass is 10.0. The number of rotatable bonds is 6. The Morgan fingerprint density at radius 1 is 1.33 bits per heavy atom. The molecule has 0 N–H and O–H groups in total. The highest BCUT2D eigenvalue weighted by molar-refractivity contribution is 5.14. The third-order valence-corrected chi connectivity index (χ3v) is 4.76. The molecule has 0 radical (unpaired) electrons. The summed E-state index contributed by atoms with van der Waals surface area (Å²) >= 11 is 0. The highest BCUT2D eigenvalue weighted by Crippen LogP contribution is 2.42. The molecule has 2 aliphatic heterocycles. The van der Waals surface area contributed by atoms with Crippen LogP contribution in [0.25, 0.3) is 0 Å². The van der Waals surface area contributed by atoms with Crippen molar-refractivity contribution in [2.75, 3.05) is 0 Å². The zero-order chi connectivity index (χ0) is 17.5. The summed E-state index contributed by atoms with van der Waals surface area (Å²) in [7, 11) is 0. The lowest BCUT2D eigenvalue weighted by Crippen LogP contribution is -2.38. The van der Waals surface area contributed by atoms with Crippen molar-refractivity contribution >= 4 is 0 Å². The summed E-state index contributed by atoms with van der Waals surface area (Å²) in [6, 6.07) is 0.770. The van der Waals surface area contributed by atoms with E-state index in [-0.39, 0.29) is 24.9 Å². The Morgan fingerprint density at radius 3 is 2.67 bits per heavy atom. The Kier molecular flexibility index (Phi) is 5.02. The highest BCUT2D eigenvalue weighted by atomic mass is 19.1.